The maximum Gasteiger partial charge on any atom is 0.337 e. The smallest absolute Gasteiger partial charge is 0.337 e. The van der Waals surface area contributed by atoms with Crippen LogP contribution in [0.5, 0.6) is 0 Å². The molecule has 8 nitrogen and oxygen atoms in total. The molecule has 2 aromatic carbocycles. The van der Waals surface area contributed by atoms with Crippen molar-refractivity contribution in [2.45, 2.75) is 9.79 Å². The number of hydrogen-bond donors (Lipinski definition) is 0. The molecule has 3 aromatic rings. The molecule has 0 aliphatic rings. The van der Waals surface area contributed by atoms with Crippen LogP contribution < -0.4 is 5.43 Å². The molecule has 1 aromatic heterocycles. The van der Waals surface area contributed by atoms with Crippen molar-refractivity contribution in [2.24, 2.45) is 0 Å². The topological polar surface area (TPSA) is 125 Å². The monoisotopic (exact) mass is 410 g/mol. The molecule has 142 valence electrons. The minimum atomic E-state index is -3.89. The number of sulfone groups is 2. The molecular weight excluding hydrogens is 396 g/mol. The molecule has 0 aliphatic carbocycles. The SMILES string of the molecule is COC(=O)c1ccc2oc3c(S(C)(=O)=O)cc(S(C)(=O)=O)cc3c(=O)c2c1. The van der Waals surface area contributed by atoms with E-state index in [-0.39, 0.29) is 32.4 Å². The lowest BCUT2D eigenvalue weighted by Gasteiger charge is -2.09. The van der Waals surface area contributed by atoms with E-state index in [1.165, 1.54) is 25.3 Å². The van der Waals surface area contributed by atoms with Crippen LogP contribution in [0.1, 0.15) is 10.4 Å². The molecule has 0 fully saturated rings. The summed E-state index contributed by atoms with van der Waals surface area (Å²) in [5.41, 5.74) is -0.753. The Kier molecular flexibility index (Phi) is 4.35. The zero-order valence-electron chi connectivity index (χ0n) is 14.5. The van der Waals surface area contributed by atoms with Gasteiger partial charge >= 0.3 is 5.97 Å². The largest absolute Gasteiger partial charge is 0.465 e. The molecule has 0 atom stereocenters. The molecular formula is C17H14O8S2. The molecule has 0 aliphatic heterocycles. The van der Waals surface area contributed by atoms with Gasteiger partial charge in [0.15, 0.2) is 25.3 Å². The van der Waals surface area contributed by atoms with Gasteiger partial charge in [-0.05, 0) is 30.3 Å². The summed E-state index contributed by atoms with van der Waals surface area (Å²) in [5, 5.41) is -0.219. The van der Waals surface area contributed by atoms with Crippen molar-refractivity contribution in [1.82, 2.24) is 0 Å². The van der Waals surface area contributed by atoms with Gasteiger partial charge in [0.2, 0.25) is 5.43 Å². The lowest BCUT2D eigenvalue weighted by Crippen LogP contribution is -2.10. The van der Waals surface area contributed by atoms with E-state index >= 15 is 0 Å². The number of ether oxygens (including phenoxy) is 1. The van der Waals surface area contributed by atoms with Crippen LogP contribution >= 0.6 is 0 Å². The minimum Gasteiger partial charge on any atom is -0.465 e. The Balaban J connectivity index is 2.55. The van der Waals surface area contributed by atoms with Crippen LogP contribution in [-0.2, 0) is 24.4 Å². The molecule has 0 spiro atoms. The second-order valence-corrected chi connectivity index (χ2v) is 9.98. The summed E-state index contributed by atoms with van der Waals surface area (Å²) in [4.78, 5) is 23.9. The van der Waals surface area contributed by atoms with Crippen LogP contribution in [0.2, 0.25) is 0 Å². The number of benzene rings is 2. The Morgan fingerprint density at radius 2 is 1.63 bits per heavy atom. The van der Waals surface area contributed by atoms with Crippen LogP contribution in [0.4, 0.5) is 0 Å². The highest BCUT2D eigenvalue weighted by molar-refractivity contribution is 7.91. The molecule has 27 heavy (non-hydrogen) atoms. The van der Waals surface area contributed by atoms with Crippen molar-refractivity contribution < 1.29 is 30.8 Å². The van der Waals surface area contributed by atoms with E-state index in [1.807, 2.05) is 0 Å². The van der Waals surface area contributed by atoms with E-state index < -0.39 is 36.0 Å². The van der Waals surface area contributed by atoms with Gasteiger partial charge in [0.25, 0.3) is 0 Å². The van der Waals surface area contributed by atoms with E-state index in [2.05, 4.69) is 4.74 Å². The zero-order chi connectivity index (χ0) is 20.1. The van der Waals surface area contributed by atoms with Gasteiger partial charge < -0.3 is 9.15 Å². The van der Waals surface area contributed by atoms with Gasteiger partial charge in [-0.2, -0.15) is 0 Å². The molecule has 10 heteroatoms. The van der Waals surface area contributed by atoms with Gasteiger partial charge in [-0.25, -0.2) is 21.6 Å². The molecule has 0 amide bonds. The summed E-state index contributed by atoms with van der Waals surface area (Å²) in [7, 11) is -6.50. The van der Waals surface area contributed by atoms with Gasteiger partial charge in [-0.3, -0.25) is 4.79 Å². The van der Waals surface area contributed by atoms with Gasteiger partial charge in [-0.15, -0.1) is 0 Å². The number of fused-ring (bicyclic) bond motifs is 2. The average molecular weight is 410 g/mol. The highest BCUT2D eigenvalue weighted by Crippen LogP contribution is 2.29. The van der Waals surface area contributed by atoms with Gasteiger partial charge in [0, 0.05) is 12.5 Å². The van der Waals surface area contributed by atoms with E-state index in [0.717, 1.165) is 24.6 Å². The third kappa shape index (κ3) is 3.33. The molecule has 0 saturated heterocycles. The Morgan fingerprint density at radius 1 is 0.963 bits per heavy atom. The Bertz CT molecular complexity index is 1380. The summed E-state index contributed by atoms with van der Waals surface area (Å²) < 4.78 is 58.3. The van der Waals surface area contributed by atoms with E-state index in [1.54, 1.807) is 0 Å². The predicted molar refractivity (Wildman–Crippen MR) is 97.5 cm³/mol. The fraction of sp³-hybridized carbons (Fsp3) is 0.176. The van der Waals surface area contributed by atoms with Gasteiger partial charge in [0.1, 0.15) is 10.5 Å². The summed E-state index contributed by atoms with van der Waals surface area (Å²) in [6, 6.07) is 5.99. The first kappa shape index (κ1) is 19.1. The number of carbonyl (C=O) groups excluding carboxylic acids is 1. The van der Waals surface area contributed by atoms with Crippen LogP contribution in [0.25, 0.3) is 21.9 Å². The molecule has 0 N–H and O–H groups in total. The second kappa shape index (κ2) is 6.17. The molecule has 3 rings (SSSR count). The first-order valence-electron chi connectivity index (χ1n) is 7.46. The molecule has 0 bridgehead atoms. The number of rotatable bonds is 3. The van der Waals surface area contributed by atoms with Crippen molar-refractivity contribution >= 4 is 47.6 Å². The molecule has 1 heterocycles. The van der Waals surface area contributed by atoms with Crippen molar-refractivity contribution in [2.75, 3.05) is 19.6 Å². The lowest BCUT2D eigenvalue weighted by molar-refractivity contribution is 0.0601. The van der Waals surface area contributed by atoms with Gasteiger partial charge in [-0.1, -0.05) is 0 Å². The Morgan fingerprint density at radius 3 is 2.19 bits per heavy atom. The summed E-state index contributed by atoms with van der Waals surface area (Å²) >= 11 is 0. The quantitative estimate of drug-likeness (QED) is 0.470. The fourth-order valence-corrected chi connectivity index (χ4v) is 4.20. The number of methoxy groups -OCH3 is 1. The van der Waals surface area contributed by atoms with Crippen LogP contribution in [0.3, 0.4) is 0 Å². The Labute approximate surface area is 154 Å². The normalized spacial score (nSPS) is 12.4. The summed E-state index contributed by atoms with van der Waals surface area (Å²) in [6.45, 7) is 0. The Hall–Kier alpha value is -2.72. The van der Waals surface area contributed by atoms with E-state index in [4.69, 9.17) is 4.42 Å². The van der Waals surface area contributed by atoms with Crippen molar-refractivity contribution in [3.8, 4) is 0 Å². The molecule has 0 radical (unpaired) electrons. The lowest BCUT2D eigenvalue weighted by atomic mass is 10.1. The van der Waals surface area contributed by atoms with Crippen LogP contribution in [0.15, 0.2) is 49.3 Å². The van der Waals surface area contributed by atoms with Crippen molar-refractivity contribution in [3.63, 3.8) is 0 Å². The van der Waals surface area contributed by atoms with Crippen LogP contribution in [0, 0.1) is 0 Å². The first-order valence-corrected chi connectivity index (χ1v) is 11.2. The van der Waals surface area contributed by atoms with Gasteiger partial charge in [0.05, 0.1) is 28.3 Å². The number of hydrogen-bond acceptors (Lipinski definition) is 8. The first-order chi connectivity index (χ1) is 12.4. The van der Waals surface area contributed by atoms with Crippen molar-refractivity contribution in [3.05, 3.63) is 46.1 Å². The average Bonchev–Trinajstić information content (AvgIpc) is 2.58. The van der Waals surface area contributed by atoms with E-state index in [0.29, 0.717) is 0 Å². The number of esters is 1. The van der Waals surface area contributed by atoms with E-state index in [9.17, 15) is 26.4 Å². The van der Waals surface area contributed by atoms with Crippen molar-refractivity contribution in [1.29, 1.82) is 0 Å². The maximum atomic E-state index is 12.9. The highest BCUT2D eigenvalue weighted by Gasteiger charge is 2.22. The second-order valence-electron chi connectivity index (χ2n) is 5.98. The highest BCUT2D eigenvalue weighted by atomic mass is 32.2. The standard InChI is InChI=1S/C17H14O8S2/c1-24-17(19)9-4-5-13-11(6-9)15(18)12-7-10(26(2,20)21)8-14(16(12)25-13)27(3,22)23/h4-8H,1-3H3. The summed E-state index contributed by atoms with van der Waals surface area (Å²) in [6.07, 6.45) is 1.79. The third-order valence-electron chi connectivity index (χ3n) is 3.96. The number of carbonyl (C=O) groups is 1. The maximum absolute atomic E-state index is 12.9. The zero-order valence-corrected chi connectivity index (χ0v) is 16.1. The predicted octanol–water partition coefficient (Wildman–Crippen LogP) is 1.54. The molecule has 0 saturated carbocycles. The minimum absolute atomic E-state index is 0.00416. The van der Waals surface area contributed by atoms with Crippen LogP contribution in [-0.4, -0.2) is 42.4 Å². The third-order valence-corrected chi connectivity index (χ3v) is 6.15. The fourth-order valence-electron chi connectivity index (χ4n) is 2.64. The molecule has 0 unspecified atom stereocenters. The summed E-state index contributed by atoms with van der Waals surface area (Å²) in [5.74, 6) is -0.668.